The molecule has 0 N–H and O–H groups in total. The minimum Gasteiger partial charge on any atom is -0.444 e. The molecule has 1 aromatic rings. The fourth-order valence-electron chi connectivity index (χ4n) is 1.60. The predicted molar refractivity (Wildman–Crippen MR) is 74.0 cm³/mol. The van der Waals surface area contributed by atoms with Gasteiger partial charge in [-0.15, -0.1) is 0 Å². The topological polar surface area (TPSA) is 46.6 Å². The summed E-state index contributed by atoms with van der Waals surface area (Å²) in [5.41, 5.74) is 0.445. The van der Waals surface area contributed by atoms with Crippen molar-refractivity contribution in [3.05, 3.63) is 35.9 Å². The highest BCUT2D eigenvalue weighted by atomic mass is 16.6. The Morgan fingerprint density at radius 3 is 2.37 bits per heavy atom. The molecule has 1 rings (SSSR count). The van der Waals surface area contributed by atoms with Crippen molar-refractivity contribution in [3.63, 3.8) is 0 Å². The highest BCUT2D eigenvalue weighted by Crippen LogP contribution is 2.12. The SMILES string of the molecule is CN(C(=O)OC(C)(C)C)C(C=O)Cc1ccccc1. The summed E-state index contributed by atoms with van der Waals surface area (Å²) in [7, 11) is 1.58. The van der Waals surface area contributed by atoms with Crippen LogP contribution in [0.1, 0.15) is 26.3 Å². The van der Waals surface area contributed by atoms with Crippen molar-refractivity contribution in [2.75, 3.05) is 7.05 Å². The number of carbonyl (C=O) groups is 2. The molecule has 0 aromatic heterocycles. The Balaban J connectivity index is 2.69. The number of benzene rings is 1. The molecule has 19 heavy (non-hydrogen) atoms. The number of rotatable bonds is 4. The van der Waals surface area contributed by atoms with E-state index in [0.717, 1.165) is 11.8 Å². The highest BCUT2D eigenvalue weighted by Gasteiger charge is 2.25. The number of hydrogen-bond acceptors (Lipinski definition) is 3. The van der Waals surface area contributed by atoms with Gasteiger partial charge in [0.2, 0.25) is 0 Å². The van der Waals surface area contributed by atoms with Gasteiger partial charge in [-0.25, -0.2) is 4.79 Å². The highest BCUT2D eigenvalue weighted by molar-refractivity contribution is 5.73. The number of ether oxygens (including phenoxy) is 1. The average molecular weight is 263 g/mol. The molecule has 1 amide bonds. The van der Waals surface area contributed by atoms with Gasteiger partial charge in [0.25, 0.3) is 0 Å². The van der Waals surface area contributed by atoms with E-state index >= 15 is 0 Å². The molecule has 0 saturated heterocycles. The van der Waals surface area contributed by atoms with Gasteiger partial charge in [0, 0.05) is 7.05 Å². The molecular weight excluding hydrogens is 242 g/mol. The van der Waals surface area contributed by atoms with E-state index in [1.807, 2.05) is 30.3 Å². The van der Waals surface area contributed by atoms with E-state index in [1.165, 1.54) is 4.90 Å². The molecule has 1 atom stereocenters. The van der Waals surface area contributed by atoms with Crippen LogP contribution in [-0.4, -0.2) is 36.0 Å². The van der Waals surface area contributed by atoms with E-state index < -0.39 is 17.7 Å². The summed E-state index contributed by atoms with van der Waals surface area (Å²) >= 11 is 0. The molecule has 0 aliphatic carbocycles. The molecular formula is C15H21NO3. The van der Waals surface area contributed by atoms with Crippen molar-refractivity contribution in [2.24, 2.45) is 0 Å². The second-order valence-electron chi connectivity index (χ2n) is 5.48. The molecule has 4 heteroatoms. The maximum Gasteiger partial charge on any atom is 0.410 e. The Bertz CT molecular complexity index is 423. The van der Waals surface area contributed by atoms with E-state index in [4.69, 9.17) is 4.74 Å². The van der Waals surface area contributed by atoms with Crippen LogP contribution < -0.4 is 0 Å². The maximum atomic E-state index is 11.9. The van der Waals surface area contributed by atoms with Crippen LogP contribution in [0, 0.1) is 0 Å². The Morgan fingerprint density at radius 2 is 1.89 bits per heavy atom. The van der Waals surface area contributed by atoms with Gasteiger partial charge in [-0.2, -0.15) is 0 Å². The zero-order valence-electron chi connectivity index (χ0n) is 11.9. The third kappa shape index (κ3) is 5.12. The van der Waals surface area contributed by atoms with Crippen LogP contribution in [0.3, 0.4) is 0 Å². The molecule has 4 nitrogen and oxygen atoms in total. The summed E-state index contributed by atoms with van der Waals surface area (Å²) in [6.45, 7) is 5.39. The van der Waals surface area contributed by atoms with Crippen LogP contribution in [0.25, 0.3) is 0 Å². The van der Waals surface area contributed by atoms with Crippen molar-refractivity contribution in [2.45, 2.75) is 38.8 Å². The number of hydrogen-bond donors (Lipinski definition) is 0. The van der Waals surface area contributed by atoms with Crippen LogP contribution in [-0.2, 0) is 16.0 Å². The maximum absolute atomic E-state index is 11.9. The zero-order valence-corrected chi connectivity index (χ0v) is 11.9. The van der Waals surface area contributed by atoms with Crippen LogP contribution in [0.2, 0.25) is 0 Å². The smallest absolute Gasteiger partial charge is 0.410 e. The van der Waals surface area contributed by atoms with Crippen LogP contribution in [0.15, 0.2) is 30.3 Å². The lowest BCUT2D eigenvalue weighted by Gasteiger charge is -2.28. The Labute approximate surface area is 114 Å². The third-order valence-electron chi connectivity index (χ3n) is 2.62. The van der Waals surface area contributed by atoms with Crippen molar-refractivity contribution >= 4 is 12.4 Å². The van der Waals surface area contributed by atoms with Gasteiger partial charge >= 0.3 is 6.09 Å². The Kier molecular flexibility index (Phi) is 5.10. The van der Waals surface area contributed by atoms with E-state index in [9.17, 15) is 9.59 Å². The molecule has 0 saturated carbocycles. The molecule has 0 spiro atoms. The van der Waals surface area contributed by atoms with E-state index in [0.29, 0.717) is 6.42 Å². The molecule has 1 aromatic carbocycles. The second kappa shape index (κ2) is 6.36. The summed E-state index contributed by atoms with van der Waals surface area (Å²) < 4.78 is 5.25. The first-order valence-corrected chi connectivity index (χ1v) is 6.28. The van der Waals surface area contributed by atoms with Gasteiger partial charge in [0.1, 0.15) is 11.9 Å². The summed E-state index contributed by atoms with van der Waals surface area (Å²) in [6, 6.07) is 9.07. The lowest BCUT2D eigenvalue weighted by atomic mass is 10.1. The largest absolute Gasteiger partial charge is 0.444 e. The predicted octanol–water partition coefficient (Wildman–Crippen LogP) is 2.66. The second-order valence-corrected chi connectivity index (χ2v) is 5.48. The molecule has 0 aliphatic rings. The van der Waals surface area contributed by atoms with Gasteiger partial charge in [-0.3, -0.25) is 0 Å². The first kappa shape index (κ1) is 15.2. The minimum atomic E-state index is -0.564. The lowest BCUT2D eigenvalue weighted by Crippen LogP contribution is -2.42. The summed E-state index contributed by atoms with van der Waals surface area (Å²) in [6.07, 6.45) is 0.775. The zero-order chi connectivity index (χ0) is 14.5. The van der Waals surface area contributed by atoms with Crippen LogP contribution >= 0.6 is 0 Å². The van der Waals surface area contributed by atoms with Crippen LogP contribution in [0.5, 0.6) is 0 Å². The average Bonchev–Trinajstić information content (AvgIpc) is 2.34. The van der Waals surface area contributed by atoms with Crippen molar-refractivity contribution in [1.29, 1.82) is 0 Å². The fourth-order valence-corrected chi connectivity index (χ4v) is 1.60. The van der Waals surface area contributed by atoms with Crippen molar-refractivity contribution < 1.29 is 14.3 Å². The molecule has 0 radical (unpaired) electrons. The first-order valence-electron chi connectivity index (χ1n) is 6.28. The number of aldehydes is 1. The molecule has 0 bridgehead atoms. The van der Waals surface area contributed by atoms with Gasteiger partial charge in [-0.05, 0) is 32.8 Å². The van der Waals surface area contributed by atoms with E-state index in [-0.39, 0.29) is 0 Å². The molecule has 0 heterocycles. The summed E-state index contributed by atoms with van der Waals surface area (Å²) in [5.74, 6) is 0. The molecule has 0 aliphatic heterocycles. The Hall–Kier alpha value is -1.84. The number of amides is 1. The first-order chi connectivity index (χ1) is 8.83. The quantitative estimate of drug-likeness (QED) is 0.785. The molecule has 1 unspecified atom stereocenters. The monoisotopic (exact) mass is 263 g/mol. The molecule has 0 fully saturated rings. The van der Waals surface area contributed by atoms with Crippen LogP contribution in [0.4, 0.5) is 4.79 Å². The number of likely N-dealkylation sites (N-methyl/N-ethyl adjacent to an activating group) is 1. The van der Waals surface area contributed by atoms with Gasteiger partial charge in [-0.1, -0.05) is 30.3 Å². The Morgan fingerprint density at radius 1 is 1.32 bits per heavy atom. The third-order valence-corrected chi connectivity index (χ3v) is 2.62. The van der Waals surface area contributed by atoms with Crippen molar-refractivity contribution in [3.8, 4) is 0 Å². The number of carbonyl (C=O) groups excluding carboxylic acids is 2. The van der Waals surface area contributed by atoms with Gasteiger partial charge < -0.3 is 14.4 Å². The normalized spacial score (nSPS) is 12.6. The lowest BCUT2D eigenvalue weighted by molar-refractivity contribution is -0.112. The van der Waals surface area contributed by atoms with E-state index in [2.05, 4.69) is 0 Å². The van der Waals surface area contributed by atoms with Gasteiger partial charge in [0.05, 0.1) is 6.04 Å². The summed E-state index contributed by atoms with van der Waals surface area (Å²) in [5, 5.41) is 0. The fraction of sp³-hybridized carbons (Fsp3) is 0.467. The van der Waals surface area contributed by atoms with E-state index in [1.54, 1.807) is 27.8 Å². The van der Waals surface area contributed by atoms with Gasteiger partial charge in [0.15, 0.2) is 0 Å². The standard InChI is InChI=1S/C15H21NO3/c1-15(2,3)19-14(18)16(4)13(11-17)10-12-8-6-5-7-9-12/h5-9,11,13H,10H2,1-4H3. The van der Waals surface area contributed by atoms with Crippen molar-refractivity contribution in [1.82, 2.24) is 4.90 Å². The minimum absolute atomic E-state index is 0.486. The summed E-state index contributed by atoms with van der Waals surface area (Å²) in [4.78, 5) is 24.4. The number of nitrogens with zero attached hydrogens (tertiary/aromatic N) is 1. The molecule has 104 valence electrons.